The van der Waals surface area contributed by atoms with Gasteiger partial charge < -0.3 is 20.1 Å². The fourth-order valence-corrected chi connectivity index (χ4v) is 6.33. The minimum Gasteiger partial charge on any atom is -0.493 e. The third-order valence-electron chi connectivity index (χ3n) is 8.77. The molecule has 0 atom stereocenters. The molecule has 3 N–H and O–H groups in total. The molecule has 1 radical (unpaired) electrons. The van der Waals surface area contributed by atoms with E-state index in [1.165, 1.54) is 18.5 Å². The predicted molar refractivity (Wildman–Crippen MR) is 186 cm³/mol. The summed E-state index contributed by atoms with van der Waals surface area (Å²) in [4.78, 5) is 23.8. The van der Waals surface area contributed by atoms with Crippen molar-refractivity contribution >= 4 is 34.1 Å². The van der Waals surface area contributed by atoms with Crippen molar-refractivity contribution in [3.8, 4) is 11.5 Å². The summed E-state index contributed by atoms with van der Waals surface area (Å²) in [6.07, 6.45) is 2.08. The Morgan fingerprint density at radius 2 is 1.75 bits per heavy atom. The number of methoxy groups -OCH3 is 1. The molecule has 2 aromatic carbocycles. The van der Waals surface area contributed by atoms with Crippen LogP contribution in [0.15, 0.2) is 42.7 Å². The van der Waals surface area contributed by atoms with Gasteiger partial charge in [-0.15, -0.1) is 0 Å². The molecule has 2 heterocycles. The molecule has 0 unspecified atom stereocenters. The van der Waals surface area contributed by atoms with Crippen molar-refractivity contribution in [3.63, 3.8) is 0 Å². The fraction of sp³-hybridized carbons (Fsp3) is 0.472. The Morgan fingerprint density at radius 3 is 2.40 bits per heavy atom. The third kappa shape index (κ3) is 7.86. The summed E-state index contributed by atoms with van der Waals surface area (Å²) in [6, 6.07) is 9.14. The third-order valence-corrected chi connectivity index (χ3v) is 8.77. The maximum absolute atomic E-state index is 13.9. The molecule has 10 nitrogen and oxygen atoms in total. The molecular formula is C36H48F2N7O3. The number of halogens is 2. The van der Waals surface area contributed by atoms with Gasteiger partial charge in [-0.2, -0.15) is 5.10 Å². The minimum absolute atomic E-state index is 0.0551. The highest BCUT2D eigenvalue weighted by molar-refractivity contribution is 5.93. The van der Waals surface area contributed by atoms with E-state index in [1.807, 2.05) is 12.1 Å². The molecule has 48 heavy (non-hydrogen) atoms. The van der Waals surface area contributed by atoms with Gasteiger partial charge in [-0.05, 0) is 56.2 Å². The summed E-state index contributed by atoms with van der Waals surface area (Å²) in [5.41, 5.74) is 0.438. The topological polar surface area (TPSA) is 117 Å². The van der Waals surface area contributed by atoms with Gasteiger partial charge in [0.15, 0.2) is 29.0 Å². The summed E-state index contributed by atoms with van der Waals surface area (Å²) < 4.78 is 39.4. The lowest BCUT2D eigenvalue weighted by Gasteiger charge is -2.59. The number of benzene rings is 2. The van der Waals surface area contributed by atoms with Gasteiger partial charge in [0.2, 0.25) is 5.91 Å². The minimum atomic E-state index is -1.12. The zero-order valence-electron chi connectivity index (χ0n) is 29.4. The first-order chi connectivity index (χ1) is 22.5. The molecule has 0 aliphatic carbocycles. The van der Waals surface area contributed by atoms with E-state index < -0.39 is 17.5 Å². The number of rotatable bonds is 13. The van der Waals surface area contributed by atoms with Crippen molar-refractivity contribution in [2.75, 3.05) is 30.9 Å². The second-order valence-electron chi connectivity index (χ2n) is 14.3. The number of carbonyl (C=O) groups excluding carboxylic acids is 1. The van der Waals surface area contributed by atoms with Crippen LogP contribution in [0.3, 0.4) is 0 Å². The number of nitrogens with zero attached hydrogens (tertiary/aromatic N) is 4. The highest BCUT2D eigenvalue weighted by Crippen LogP contribution is 2.48. The van der Waals surface area contributed by atoms with E-state index >= 15 is 0 Å². The van der Waals surface area contributed by atoms with Crippen LogP contribution in [-0.4, -0.2) is 62.8 Å². The molecule has 2 aromatic heterocycles. The Balaban J connectivity index is 1.44. The average Bonchev–Trinajstić information content (AvgIpc) is 3.43. The highest BCUT2D eigenvalue weighted by atomic mass is 19.2. The first-order valence-electron chi connectivity index (χ1n) is 16.1. The maximum Gasteiger partial charge on any atom is 0.230 e. The van der Waals surface area contributed by atoms with Crippen LogP contribution in [0.1, 0.15) is 67.5 Å². The molecule has 0 aliphatic heterocycles. The molecule has 0 saturated carbocycles. The largest absolute Gasteiger partial charge is 0.493 e. The summed E-state index contributed by atoms with van der Waals surface area (Å²) in [6.45, 7) is 24.1. The van der Waals surface area contributed by atoms with E-state index in [-0.39, 0.29) is 28.5 Å². The number of hydrogen-bond acceptors (Lipinski definition) is 8. The number of H-pyrrole nitrogens is 1. The first kappa shape index (κ1) is 36.5. The molecule has 259 valence electrons. The lowest BCUT2D eigenvalue weighted by atomic mass is 9.59. The quantitative estimate of drug-likeness (QED) is 0.125. The number of amides is 1. The first-order valence-corrected chi connectivity index (χ1v) is 16.1. The highest BCUT2D eigenvalue weighted by Gasteiger charge is 2.51. The van der Waals surface area contributed by atoms with Crippen LogP contribution in [0.25, 0.3) is 10.9 Å². The van der Waals surface area contributed by atoms with Gasteiger partial charge in [0.1, 0.15) is 12.1 Å². The lowest BCUT2D eigenvalue weighted by Crippen LogP contribution is -2.64. The standard InChI is InChI=1S/C36H48F2N7O3/c1-22(2)45(36(9,34(3,4)5)35(6,7)8)15-12-16-48-29-20-27-24(19-28(29)47-10)33(40-21-39-27)42-30-17-23(43-44-30)18-31(46)41-26-14-11-13-25(37)32(26)38/h11,13-14,17,19-22H,9,12,15-16,18H2,1-8,10H3,(H,41,46)(H2,39,40,42,43,44). The van der Waals surface area contributed by atoms with Gasteiger partial charge in [-0.1, -0.05) is 47.6 Å². The number of carbonyl (C=O) groups is 1. The Kier molecular flexibility index (Phi) is 11.0. The molecule has 0 saturated heterocycles. The van der Waals surface area contributed by atoms with Crippen molar-refractivity contribution in [3.05, 3.63) is 67.0 Å². The number of aromatic nitrogens is 4. The van der Waals surface area contributed by atoms with Crippen molar-refractivity contribution < 1.29 is 23.0 Å². The van der Waals surface area contributed by atoms with E-state index in [1.54, 1.807) is 13.2 Å². The van der Waals surface area contributed by atoms with Crippen LogP contribution >= 0.6 is 0 Å². The number of hydrogen-bond donors (Lipinski definition) is 3. The smallest absolute Gasteiger partial charge is 0.230 e. The van der Waals surface area contributed by atoms with Crippen LogP contribution in [0.2, 0.25) is 0 Å². The van der Waals surface area contributed by atoms with Crippen LogP contribution in [-0.2, 0) is 11.2 Å². The van der Waals surface area contributed by atoms with E-state index in [0.29, 0.717) is 52.4 Å². The molecule has 4 aromatic rings. The molecule has 1 amide bonds. The van der Waals surface area contributed by atoms with E-state index in [4.69, 9.17) is 16.4 Å². The summed E-state index contributed by atoms with van der Waals surface area (Å²) in [5, 5.41) is 13.2. The molecule has 4 rings (SSSR count). The second-order valence-corrected chi connectivity index (χ2v) is 14.3. The Hall–Kier alpha value is -4.32. The number of anilines is 3. The SMILES string of the molecule is [CH2]C(N(CCCOc1cc2ncnc(Nc3cc(CC(=O)Nc4cccc(F)c4F)[nH]n3)c2cc1OC)C(C)C)(C(C)(C)C)C(C)(C)C. The zero-order valence-corrected chi connectivity index (χ0v) is 29.4. The van der Waals surface area contributed by atoms with Crippen LogP contribution in [0, 0.1) is 29.4 Å². The number of fused-ring (bicyclic) bond motifs is 1. The molecule has 0 spiro atoms. The molecule has 12 heteroatoms. The van der Waals surface area contributed by atoms with Crippen LogP contribution in [0.4, 0.5) is 26.1 Å². The van der Waals surface area contributed by atoms with Gasteiger partial charge in [-0.25, -0.2) is 18.7 Å². The number of nitrogens with one attached hydrogen (secondary N) is 3. The van der Waals surface area contributed by atoms with Gasteiger partial charge in [0, 0.05) is 41.3 Å². The van der Waals surface area contributed by atoms with Crippen molar-refractivity contribution in [1.82, 2.24) is 25.1 Å². The van der Waals surface area contributed by atoms with E-state index in [9.17, 15) is 13.6 Å². The molecule has 0 aliphatic rings. The predicted octanol–water partition coefficient (Wildman–Crippen LogP) is 7.71. The van der Waals surface area contributed by atoms with Crippen molar-refractivity contribution in [2.24, 2.45) is 10.8 Å². The molecule has 0 bridgehead atoms. The fourth-order valence-electron chi connectivity index (χ4n) is 6.33. The summed E-state index contributed by atoms with van der Waals surface area (Å²) in [5.74, 6) is -0.729. The molecule has 0 fully saturated rings. The van der Waals surface area contributed by atoms with Crippen LogP contribution in [0.5, 0.6) is 11.5 Å². The lowest BCUT2D eigenvalue weighted by molar-refractivity contribution is -0.115. The Morgan fingerprint density at radius 1 is 1.04 bits per heavy atom. The van der Waals surface area contributed by atoms with E-state index in [2.05, 4.69) is 91.1 Å². The zero-order chi connectivity index (χ0) is 35.4. The number of ether oxygens (including phenoxy) is 2. The number of aromatic amines is 1. The Bertz CT molecular complexity index is 1710. The van der Waals surface area contributed by atoms with E-state index in [0.717, 1.165) is 19.0 Å². The normalized spacial score (nSPS) is 12.5. The average molecular weight is 665 g/mol. The summed E-state index contributed by atoms with van der Waals surface area (Å²) >= 11 is 0. The van der Waals surface area contributed by atoms with Gasteiger partial charge >= 0.3 is 0 Å². The van der Waals surface area contributed by atoms with Gasteiger partial charge in [0.25, 0.3) is 0 Å². The van der Waals surface area contributed by atoms with Gasteiger partial charge in [0.05, 0.1) is 31.3 Å². The summed E-state index contributed by atoms with van der Waals surface area (Å²) in [7, 11) is 1.58. The van der Waals surface area contributed by atoms with Crippen LogP contribution < -0.4 is 20.1 Å². The maximum atomic E-state index is 13.9. The van der Waals surface area contributed by atoms with Crippen molar-refractivity contribution in [1.29, 1.82) is 0 Å². The monoisotopic (exact) mass is 664 g/mol. The second kappa shape index (κ2) is 14.4. The van der Waals surface area contributed by atoms with Crippen molar-refractivity contribution in [2.45, 2.75) is 79.8 Å². The Labute approximate surface area is 282 Å². The van der Waals surface area contributed by atoms with Gasteiger partial charge in [-0.3, -0.25) is 14.8 Å². The molecular weight excluding hydrogens is 616 g/mol.